The third kappa shape index (κ3) is 4.06. The summed E-state index contributed by atoms with van der Waals surface area (Å²) >= 11 is 23.8. The van der Waals surface area contributed by atoms with Gasteiger partial charge < -0.3 is 15.1 Å². The quantitative estimate of drug-likeness (QED) is 0.701. The lowest BCUT2D eigenvalue weighted by molar-refractivity contribution is 0.391. The number of thiocarbonyl (C=S) groups is 1. The van der Waals surface area contributed by atoms with Crippen LogP contribution in [0.1, 0.15) is 0 Å². The first-order chi connectivity index (χ1) is 11.5. The Morgan fingerprint density at radius 2 is 1.58 bits per heavy atom. The monoisotopic (exact) mass is 399 g/mol. The molecule has 1 aliphatic heterocycles. The van der Waals surface area contributed by atoms with Crippen molar-refractivity contribution in [1.29, 1.82) is 0 Å². The summed E-state index contributed by atoms with van der Waals surface area (Å²) in [5.74, 6) is 0. The maximum atomic E-state index is 6.17. The predicted octanol–water partition coefficient (Wildman–Crippen LogP) is 5.17. The van der Waals surface area contributed by atoms with Gasteiger partial charge in [-0.2, -0.15) is 0 Å². The molecule has 0 aliphatic carbocycles. The standard InChI is InChI=1S/C17H16Cl3N3S/c18-13-6-5-12(11-15(13)20)22-7-9-23(10-8-22)17(24)21-16-4-2-1-3-14(16)19/h1-6,11H,7-10H2,(H,21,24). The number of piperazine rings is 1. The van der Waals surface area contributed by atoms with Crippen LogP contribution in [0.5, 0.6) is 0 Å². The van der Waals surface area contributed by atoms with Crippen LogP contribution in [0, 0.1) is 0 Å². The van der Waals surface area contributed by atoms with E-state index in [2.05, 4.69) is 15.1 Å². The smallest absolute Gasteiger partial charge is 0.173 e. The van der Waals surface area contributed by atoms with Crippen LogP contribution >= 0.6 is 47.0 Å². The maximum absolute atomic E-state index is 6.17. The highest BCUT2D eigenvalue weighted by molar-refractivity contribution is 7.80. The Balaban J connectivity index is 1.59. The Labute approximate surface area is 162 Å². The van der Waals surface area contributed by atoms with Crippen molar-refractivity contribution in [1.82, 2.24) is 4.90 Å². The molecule has 0 amide bonds. The zero-order valence-electron chi connectivity index (χ0n) is 12.8. The molecule has 0 unspecified atom stereocenters. The van der Waals surface area contributed by atoms with E-state index in [1.54, 1.807) is 0 Å². The zero-order chi connectivity index (χ0) is 17.1. The van der Waals surface area contributed by atoms with Crippen molar-refractivity contribution in [3.8, 4) is 0 Å². The van der Waals surface area contributed by atoms with Gasteiger partial charge in [0.25, 0.3) is 0 Å². The van der Waals surface area contributed by atoms with E-state index in [9.17, 15) is 0 Å². The number of benzene rings is 2. The van der Waals surface area contributed by atoms with E-state index in [1.807, 2.05) is 42.5 Å². The van der Waals surface area contributed by atoms with Crippen molar-refractivity contribution >= 4 is 63.5 Å². The molecular formula is C17H16Cl3N3S. The van der Waals surface area contributed by atoms with Crippen molar-refractivity contribution < 1.29 is 0 Å². The van der Waals surface area contributed by atoms with Crippen molar-refractivity contribution in [3.63, 3.8) is 0 Å². The third-order valence-electron chi connectivity index (χ3n) is 3.95. The van der Waals surface area contributed by atoms with Gasteiger partial charge in [0, 0.05) is 31.9 Å². The summed E-state index contributed by atoms with van der Waals surface area (Å²) in [6.45, 7) is 3.39. The molecule has 3 nitrogen and oxygen atoms in total. The largest absolute Gasteiger partial charge is 0.368 e. The van der Waals surface area contributed by atoms with Crippen molar-refractivity contribution in [2.24, 2.45) is 0 Å². The second-order valence-electron chi connectivity index (χ2n) is 5.48. The molecule has 126 valence electrons. The summed E-state index contributed by atoms with van der Waals surface area (Å²) in [6.07, 6.45) is 0. The lowest BCUT2D eigenvalue weighted by Gasteiger charge is -2.37. The Hall–Kier alpha value is -1.20. The normalized spacial score (nSPS) is 14.6. The van der Waals surface area contributed by atoms with Gasteiger partial charge in [-0.15, -0.1) is 0 Å². The maximum Gasteiger partial charge on any atom is 0.173 e. The van der Waals surface area contributed by atoms with Crippen LogP contribution in [0.4, 0.5) is 11.4 Å². The van der Waals surface area contributed by atoms with E-state index in [1.165, 1.54) is 0 Å². The van der Waals surface area contributed by atoms with Crippen molar-refractivity contribution in [2.75, 3.05) is 36.4 Å². The van der Waals surface area contributed by atoms with Gasteiger partial charge in [-0.25, -0.2) is 0 Å². The van der Waals surface area contributed by atoms with E-state index < -0.39 is 0 Å². The minimum absolute atomic E-state index is 0.573. The molecule has 1 fully saturated rings. The van der Waals surface area contributed by atoms with E-state index in [-0.39, 0.29) is 0 Å². The molecule has 0 bridgehead atoms. The average Bonchev–Trinajstić information content (AvgIpc) is 2.59. The summed E-state index contributed by atoms with van der Waals surface area (Å²) in [5.41, 5.74) is 1.91. The Morgan fingerprint density at radius 1 is 0.875 bits per heavy atom. The van der Waals surface area contributed by atoms with Gasteiger partial charge in [-0.3, -0.25) is 0 Å². The molecule has 0 spiro atoms. The molecule has 1 N–H and O–H groups in total. The number of nitrogens with one attached hydrogen (secondary N) is 1. The molecular weight excluding hydrogens is 385 g/mol. The molecule has 1 aliphatic rings. The summed E-state index contributed by atoms with van der Waals surface area (Å²) in [6, 6.07) is 13.3. The van der Waals surface area contributed by atoms with Crippen LogP contribution in [0.3, 0.4) is 0 Å². The van der Waals surface area contributed by atoms with Gasteiger partial charge >= 0.3 is 0 Å². The molecule has 1 saturated heterocycles. The highest BCUT2D eigenvalue weighted by atomic mass is 35.5. The number of hydrogen-bond acceptors (Lipinski definition) is 2. The number of para-hydroxylation sites is 1. The second kappa shape index (κ2) is 7.79. The summed E-state index contributed by atoms with van der Waals surface area (Å²) in [4.78, 5) is 4.42. The topological polar surface area (TPSA) is 18.5 Å². The fourth-order valence-corrected chi connectivity index (χ4v) is 3.37. The van der Waals surface area contributed by atoms with Crippen LogP contribution in [0.2, 0.25) is 15.1 Å². The fraction of sp³-hybridized carbons (Fsp3) is 0.235. The predicted molar refractivity (Wildman–Crippen MR) is 108 cm³/mol. The number of rotatable bonds is 2. The molecule has 0 radical (unpaired) electrons. The van der Waals surface area contributed by atoms with Gasteiger partial charge in [-0.05, 0) is 42.5 Å². The molecule has 1 heterocycles. The molecule has 2 aromatic carbocycles. The van der Waals surface area contributed by atoms with E-state index in [0.29, 0.717) is 20.2 Å². The number of halogens is 3. The highest BCUT2D eigenvalue weighted by Gasteiger charge is 2.20. The Kier molecular flexibility index (Phi) is 5.72. The van der Waals surface area contributed by atoms with Gasteiger partial charge in [0.15, 0.2) is 5.11 Å². The van der Waals surface area contributed by atoms with Crippen LogP contribution in [-0.4, -0.2) is 36.2 Å². The van der Waals surface area contributed by atoms with Crippen molar-refractivity contribution in [3.05, 3.63) is 57.5 Å². The summed E-state index contributed by atoms with van der Waals surface area (Å²) in [7, 11) is 0. The summed E-state index contributed by atoms with van der Waals surface area (Å²) in [5, 5.41) is 5.72. The lowest BCUT2D eigenvalue weighted by atomic mass is 10.2. The van der Waals surface area contributed by atoms with Gasteiger partial charge in [0.05, 0.1) is 20.8 Å². The first-order valence-corrected chi connectivity index (χ1v) is 9.09. The fourth-order valence-electron chi connectivity index (χ4n) is 2.61. The van der Waals surface area contributed by atoms with Crippen LogP contribution < -0.4 is 10.2 Å². The second-order valence-corrected chi connectivity index (χ2v) is 7.09. The molecule has 3 rings (SSSR count). The van der Waals surface area contributed by atoms with Crippen molar-refractivity contribution in [2.45, 2.75) is 0 Å². The van der Waals surface area contributed by atoms with Crippen LogP contribution in [-0.2, 0) is 0 Å². The first kappa shape index (κ1) is 17.6. The van der Waals surface area contributed by atoms with E-state index >= 15 is 0 Å². The van der Waals surface area contributed by atoms with Gasteiger partial charge in [-0.1, -0.05) is 46.9 Å². The number of nitrogens with zero attached hydrogens (tertiary/aromatic N) is 2. The molecule has 0 atom stereocenters. The first-order valence-electron chi connectivity index (χ1n) is 7.55. The van der Waals surface area contributed by atoms with Gasteiger partial charge in [0.1, 0.15) is 0 Å². The Bertz CT molecular complexity index is 746. The SMILES string of the molecule is S=C(Nc1ccccc1Cl)N1CCN(c2ccc(Cl)c(Cl)c2)CC1. The molecule has 0 aromatic heterocycles. The molecule has 0 saturated carbocycles. The van der Waals surface area contributed by atoms with Crippen LogP contribution in [0.15, 0.2) is 42.5 Å². The number of hydrogen-bond donors (Lipinski definition) is 1. The molecule has 2 aromatic rings. The average molecular weight is 401 g/mol. The lowest BCUT2D eigenvalue weighted by Crippen LogP contribution is -2.50. The molecule has 7 heteroatoms. The van der Waals surface area contributed by atoms with Crippen LogP contribution in [0.25, 0.3) is 0 Å². The molecule has 24 heavy (non-hydrogen) atoms. The minimum atomic E-state index is 0.573. The van der Waals surface area contributed by atoms with E-state index in [4.69, 9.17) is 47.0 Å². The summed E-state index contributed by atoms with van der Waals surface area (Å²) < 4.78 is 0. The highest BCUT2D eigenvalue weighted by Crippen LogP contribution is 2.28. The van der Waals surface area contributed by atoms with Gasteiger partial charge in [0.2, 0.25) is 0 Å². The minimum Gasteiger partial charge on any atom is -0.368 e. The zero-order valence-corrected chi connectivity index (χ0v) is 15.9. The third-order valence-corrected chi connectivity index (χ3v) is 5.38. The Morgan fingerprint density at radius 3 is 2.25 bits per heavy atom. The number of anilines is 2. The van der Waals surface area contributed by atoms with E-state index in [0.717, 1.165) is 37.6 Å².